The van der Waals surface area contributed by atoms with Crippen molar-refractivity contribution >= 4 is 9.05 Å². The second kappa shape index (κ2) is 13.5. The van der Waals surface area contributed by atoms with E-state index >= 15 is 0 Å². The van der Waals surface area contributed by atoms with Gasteiger partial charge in [0.25, 0.3) is 0 Å². The first kappa shape index (κ1) is 20.9. The van der Waals surface area contributed by atoms with E-state index in [9.17, 15) is 0 Å². The van der Waals surface area contributed by atoms with Crippen LogP contribution in [0.3, 0.4) is 0 Å². The van der Waals surface area contributed by atoms with Crippen LogP contribution >= 0.6 is 0 Å². The molecule has 0 spiro atoms. The number of rotatable bonds is 15. The maximum atomic E-state index is 5.59. The summed E-state index contributed by atoms with van der Waals surface area (Å²) in [6, 6.07) is 0.0149. The minimum Gasteiger partial charge on any atom is -0.346 e. The summed E-state index contributed by atoms with van der Waals surface area (Å²) in [5.74, 6) is 0. The van der Waals surface area contributed by atoms with Gasteiger partial charge < -0.3 is 15.5 Å². The average molecular weight is 328 g/mol. The molecule has 10 heteroatoms. The molecule has 0 fully saturated rings. The summed E-state index contributed by atoms with van der Waals surface area (Å²) in [5, 5.41) is 3.16. The first-order chi connectivity index (χ1) is 10.1. The van der Waals surface area contributed by atoms with Gasteiger partial charge in [0.15, 0.2) is 0 Å². The van der Waals surface area contributed by atoms with E-state index in [1.54, 1.807) is 20.8 Å². The molecule has 1 atom stereocenters. The molecule has 9 nitrogen and oxygen atoms in total. The highest BCUT2D eigenvalue weighted by atomic mass is 28.4. The van der Waals surface area contributed by atoms with Gasteiger partial charge in [0.1, 0.15) is 0 Å². The second-order valence-corrected chi connectivity index (χ2v) is 5.71. The number of hydrogen-bond acceptors (Lipinski definition) is 9. The van der Waals surface area contributed by atoms with Gasteiger partial charge in [0.05, 0.1) is 26.4 Å². The second-order valence-electron chi connectivity index (χ2n) is 3.92. The highest BCUT2D eigenvalue weighted by Crippen LogP contribution is 2.14. The van der Waals surface area contributed by atoms with Crippen molar-refractivity contribution in [3.63, 3.8) is 0 Å². The molecule has 0 bridgehead atoms. The van der Waals surface area contributed by atoms with Gasteiger partial charge in [-0.3, -0.25) is 0 Å². The average Bonchev–Trinajstić information content (AvgIpc) is 2.51. The quantitative estimate of drug-likeness (QED) is 0.249. The van der Waals surface area contributed by atoms with Crippen molar-refractivity contribution < 1.29 is 32.8 Å². The van der Waals surface area contributed by atoms with E-state index in [2.05, 4.69) is 5.32 Å². The highest BCUT2D eigenvalue weighted by molar-refractivity contribution is 6.52. The van der Waals surface area contributed by atoms with Crippen LogP contribution < -0.4 is 11.1 Å². The Balaban J connectivity index is 4.54. The largest absolute Gasteiger partial charge is 0.764 e. The first-order valence-corrected chi connectivity index (χ1v) is 8.76. The summed E-state index contributed by atoms with van der Waals surface area (Å²) in [6.45, 7) is 9.54. The molecule has 0 aromatic carbocycles. The minimum absolute atomic E-state index is 0.0149. The zero-order chi connectivity index (χ0) is 16.0. The Morgan fingerprint density at radius 2 is 1.43 bits per heavy atom. The fraction of sp³-hybridized carbons (Fsp3) is 1.00. The lowest BCUT2D eigenvalue weighted by Gasteiger charge is -2.25. The van der Waals surface area contributed by atoms with Crippen LogP contribution in [0.2, 0.25) is 0 Å². The Hall–Kier alpha value is -0.143. The third-order valence-corrected chi connectivity index (χ3v) is 3.47. The summed E-state index contributed by atoms with van der Waals surface area (Å²) in [7, 11) is -3.70. The highest BCUT2D eigenvalue weighted by Gasteiger charge is 2.52. The monoisotopic (exact) mass is 328 g/mol. The van der Waals surface area contributed by atoms with Crippen LogP contribution in [0.1, 0.15) is 27.7 Å². The lowest BCUT2D eigenvalue weighted by molar-refractivity contribution is -0.386. The normalized spacial score (nSPS) is 13.6. The maximum absolute atomic E-state index is 5.59. The molecule has 0 aliphatic rings. The van der Waals surface area contributed by atoms with E-state index in [1.165, 1.54) is 0 Å². The zero-order valence-electron chi connectivity index (χ0n) is 13.3. The first-order valence-electron chi connectivity index (χ1n) is 7.13. The number of nitrogens with two attached hydrogens (primary N) is 1. The molecular formula is C11H28N2O7Si. The van der Waals surface area contributed by atoms with Crippen LogP contribution in [0.25, 0.3) is 0 Å². The van der Waals surface area contributed by atoms with Crippen LogP contribution in [0, 0.1) is 0 Å². The summed E-state index contributed by atoms with van der Waals surface area (Å²) < 4.78 is 20.9. The standard InChI is InChI=1S/C11H28N2O7Si/c1-5-14-18-21(19-15-6-2,20-16-7-3)17-10-11(4)13-9-8-12/h11,13H,5-10,12H2,1-4H3. The summed E-state index contributed by atoms with van der Waals surface area (Å²) >= 11 is 0. The van der Waals surface area contributed by atoms with Gasteiger partial charge in [-0.2, -0.15) is 13.7 Å². The van der Waals surface area contributed by atoms with Crippen LogP contribution in [0.15, 0.2) is 0 Å². The molecule has 0 amide bonds. The molecule has 0 radical (unpaired) electrons. The van der Waals surface area contributed by atoms with E-state index in [0.717, 1.165) is 0 Å². The van der Waals surface area contributed by atoms with Crippen molar-refractivity contribution in [3.8, 4) is 0 Å². The smallest absolute Gasteiger partial charge is 0.346 e. The molecule has 0 saturated carbocycles. The van der Waals surface area contributed by atoms with E-state index in [1.807, 2.05) is 6.92 Å². The van der Waals surface area contributed by atoms with Gasteiger partial charge in [-0.05, 0) is 27.7 Å². The fourth-order valence-electron chi connectivity index (χ4n) is 1.12. The molecule has 0 aliphatic heterocycles. The lowest BCUT2D eigenvalue weighted by Crippen LogP contribution is -2.51. The predicted octanol–water partition coefficient (Wildman–Crippen LogP) is 0.280. The molecule has 128 valence electrons. The van der Waals surface area contributed by atoms with Crippen molar-refractivity contribution in [2.45, 2.75) is 33.7 Å². The fourth-order valence-corrected chi connectivity index (χ4v) is 2.59. The summed E-state index contributed by atoms with van der Waals surface area (Å²) in [6.07, 6.45) is 0. The Bertz CT molecular complexity index is 217. The van der Waals surface area contributed by atoms with Gasteiger partial charge in [0.2, 0.25) is 0 Å². The maximum Gasteiger partial charge on any atom is 0.764 e. The predicted molar refractivity (Wildman–Crippen MR) is 76.4 cm³/mol. The Labute approximate surface area is 127 Å². The van der Waals surface area contributed by atoms with Crippen LogP contribution in [-0.4, -0.2) is 54.6 Å². The molecule has 0 rings (SSSR count). The van der Waals surface area contributed by atoms with Crippen molar-refractivity contribution in [2.75, 3.05) is 39.5 Å². The van der Waals surface area contributed by atoms with E-state index in [-0.39, 0.29) is 12.6 Å². The van der Waals surface area contributed by atoms with Gasteiger partial charge >= 0.3 is 9.05 Å². The Morgan fingerprint density at radius 3 is 1.81 bits per heavy atom. The van der Waals surface area contributed by atoms with Crippen LogP contribution in [-0.2, 0) is 32.8 Å². The number of nitrogens with one attached hydrogen (secondary N) is 1. The minimum atomic E-state index is -3.70. The van der Waals surface area contributed by atoms with Gasteiger partial charge in [-0.25, -0.2) is 14.7 Å². The van der Waals surface area contributed by atoms with Crippen LogP contribution in [0.4, 0.5) is 0 Å². The lowest BCUT2D eigenvalue weighted by atomic mass is 10.4. The van der Waals surface area contributed by atoms with Crippen molar-refractivity contribution in [3.05, 3.63) is 0 Å². The molecule has 0 saturated heterocycles. The van der Waals surface area contributed by atoms with Crippen molar-refractivity contribution in [1.82, 2.24) is 5.32 Å². The number of hydrogen-bond donors (Lipinski definition) is 2. The third-order valence-electron chi connectivity index (χ3n) is 1.98. The Kier molecular flexibility index (Phi) is 13.4. The SMILES string of the molecule is CCOO[Si](OCC(C)NCCN)(OOCC)OOCC. The molecule has 0 heterocycles. The summed E-state index contributed by atoms with van der Waals surface area (Å²) in [4.78, 5) is 14.7. The molecule has 0 aromatic heterocycles. The Morgan fingerprint density at radius 1 is 0.952 bits per heavy atom. The topological polar surface area (TPSA) is 103 Å². The van der Waals surface area contributed by atoms with E-state index < -0.39 is 9.05 Å². The molecule has 21 heavy (non-hydrogen) atoms. The van der Waals surface area contributed by atoms with E-state index in [0.29, 0.717) is 32.9 Å². The van der Waals surface area contributed by atoms with Crippen LogP contribution in [0.5, 0.6) is 0 Å². The zero-order valence-corrected chi connectivity index (χ0v) is 14.3. The van der Waals surface area contributed by atoms with Gasteiger partial charge in [-0.15, -0.1) is 0 Å². The van der Waals surface area contributed by atoms with Crippen molar-refractivity contribution in [1.29, 1.82) is 0 Å². The molecular weight excluding hydrogens is 300 g/mol. The molecule has 0 aliphatic carbocycles. The van der Waals surface area contributed by atoms with Gasteiger partial charge in [0, 0.05) is 19.1 Å². The summed E-state index contributed by atoms with van der Waals surface area (Å²) in [5.41, 5.74) is 5.43. The van der Waals surface area contributed by atoms with Gasteiger partial charge in [-0.1, -0.05) is 0 Å². The van der Waals surface area contributed by atoms with Crippen molar-refractivity contribution in [2.24, 2.45) is 5.73 Å². The van der Waals surface area contributed by atoms with E-state index in [4.69, 9.17) is 38.6 Å². The molecule has 1 unspecified atom stereocenters. The third kappa shape index (κ3) is 10.2. The molecule has 3 N–H and O–H groups in total. The molecule has 0 aromatic rings.